The van der Waals surface area contributed by atoms with Gasteiger partial charge < -0.3 is 0 Å². The van der Waals surface area contributed by atoms with Crippen LogP contribution in [0.2, 0.25) is 0 Å². The van der Waals surface area contributed by atoms with Crippen LogP contribution in [-0.2, 0) is 0 Å². The Morgan fingerprint density at radius 2 is 1.42 bits per heavy atom. The number of benzene rings is 2. The molecular formula is C18H12N6. The Hall–Kier alpha value is -3.54. The van der Waals surface area contributed by atoms with Gasteiger partial charge in [-0.15, -0.1) is 5.10 Å². The second kappa shape index (κ2) is 4.99. The first-order chi connectivity index (χ1) is 11.9. The Bertz CT molecular complexity index is 1080. The molecule has 5 rings (SSSR count). The third kappa shape index (κ3) is 1.90. The third-order valence-electron chi connectivity index (χ3n) is 3.99. The van der Waals surface area contributed by atoms with Gasteiger partial charge in [0.2, 0.25) is 0 Å². The summed E-state index contributed by atoms with van der Waals surface area (Å²) in [4.78, 5) is 9.17. The van der Waals surface area contributed by atoms with Gasteiger partial charge in [-0.3, -0.25) is 4.57 Å². The van der Waals surface area contributed by atoms with Gasteiger partial charge in [0.25, 0.3) is 0 Å². The van der Waals surface area contributed by atoms with Crippen LogP contribution in [0.5, 0.6) is 0 Å². The van der Waals surface area contributed by atoms with E-state index < -0.39 is 0 Å². The summed E-state index contributed by atoms with van der Waals surface area (Å²) in [6, 6.07) is 21.7. The van der Waals surface area contributed by atoms with Crippen molar-refractivity contribution in [1.29, 1.82) is 0 Å². The van der Waals surface area contributed by atoms with E-state index in [0.29, 0.717) is 0 Å². The van der Waals surface area contributed by atoms with E-state index in [1.54, 1.807) is 11.0 Å². The number of pyridine rings is 1. The number of imidazole rings is 1. The van der Waals surface area contributed by atoms with E-state index in [2.05, 4.69) is 15.3 Å². The summed E-state index contributed by atoms with van der Waals surface area (Å²) in [5, 5.41) is 8.42. The number of hydrogen-bond donors (Lipinski definition) is 0. The Labute approximate surface area is 137 Å². The monoisotopic (exact) mass is 312 g/mol. The maximum Gasteiger partial charge on any atom is 0.158 e. The first-order valence-corrected chi connectivity index (χ1v) is 7.60. The average molecular weight is 312 g/mol. The summed E-state index contributed by atoms with van der Waals surface area (Å²) in [7, 11) is 0. The van der Waals surface area contributed by atoms with Gasteiger partial charge in [-0.05, 0) is 36.4 Å². The van der Waals surface area contributed by atoms with Gasteiger partial charge in [0.05, 0.1) is 16.6 Å². The molecule has 0 N–H and O–H groups in total. The zero-order valence-electron chi connectivity index (χ0n) is 12.6. The van der Waals surface area contributed by atoms with Gasteiger partial charge in [-0.1, -0.05) is 35.5 Å². The van der Waals surface area contributed by atoms with E-state index in [-0.39, 0.29) is 0 Å². The minimum absolute atomic E-state index is 0.721. The highest BCUT2D eigenvalue weighted by Gasteiger charge is 2.09. The number of aromatic nitrogens is 6. The summed E-state index contributed by atoms with van der Waals surface area (Å²) in [6.07, 6.45) is 1.79. The predicted octanol–water partition coefficient (Wildman–Crippen LogP) is 3.15. The molecule has 3 aromatic heterocycles. The van der Waals surface area contributed by atoms with Crippen molar-refractivity contribution in [2.45, 2.75) is 0 Å². The summed E-state index contributed by atoms with van der Waals surface area (Å²) in [5.41, 5.74) is 3.73. The highest BCUT2D eigenvalue weighted by molar-refractivity contribution is 5.77. The standard InChI is InChI=1S/C18H12N6/c1-3-8-15-13(6-1)19-12-23(15)17-10-5-11-18(20-17)24-16-9-4-2-7-14(16)21-22-24/h1-12H. The van der Waals surface area contributed by atoms with Crippen molar-refractivity contribution in [3.63, 3.8) is 0 Å². The van der Waals surface area contributed by atoms with Gasteiger partial charge in [-0.25, -0.2) is 9.97 Å². The van der Waals surface area contributed by atoms with Crippen molar-refractivity contribution >= 4 is 22.1 Å². The fourth-order valence-corrected chi connectivity index (χ4v) is 2.84. The van der Waals surface area contributed by atoms with Crippen LogP contribution in [0.4, 0.5) is 0 Å². The van der Waals surface area contributed by atoms with Crippen molar-refractivity contribution in [2.75, 3.05) is 0 Å². The lowest BCUT2D eigenvalue weighted by molar-refractivity contribution is 0.796. The third-order valence-corrected chi connectivity index (χ3v) is 3.99. The molecule has 0 saturated carbocycles. The minimum Gasteiger partial charge on any atom is -0.283 e. The van der Waals surface area contributed by atoms with Crippen molar-refractivity contribution in [3.8, 4) is 11.6 Å². The number of nitrogens with zero attached hydrogens (tertiary/aromatic N) is 6. The average Bonchev–Trinajstić information content (AvgIpc) is 3.26. The summed E-state index contributed by atoms with van der Waals surface area (Å²) >= 11 is 0. The molecule has 0 bridgehead atoms. The first-order valence-electron chi connectivity index (χ1n) is 7.60. The molecule has 0 radical (unpaired) electrons. The van der Waals surface area contributed by atoms with Crippen molar-refractivity contribution < 1.29 is 0 Å². The zero-order valence-corrected chi connectivity index (χ0v) is 12.6. The van der Waals surface area contributed by atoms with Crippen LogP contribution in [0.25, 0.3) is 33.7 Å². The van der Waals surface area contributed by atoms with Crippen molar-refractivity contribution in [3.05, 3.63) is 73.1 Å². The molecule has 0 unspecified atom stereocenters. The molecule has 3 heterocycles. The van der Waals surface area contributed by atoms with Crippen LogP contribution in [0.15, 0.2) is 73.1 Å². The molecular weight excluding hydrogens is 300 g/mol. The highest BCUT2D eigenvalue weighted by atomic mass is 15.4. The number of para-hydroxylation sites is 3. The van der Waals surface area contributed by atoms with E-state index in [9.17, 15) is 0 Å². The van der Waals surface area contributed by atoms with Crippen molar-refractivity contribution in [2.24, 2.45) is 0 Å². The SMILES string of the molecule is c1cc(-n2cnc3ccccc32)nc(-n2nnc3ccccc32)c1. The Morgan fingerprint density at radius 3 is 2.33 bits per heavy atom. The lowest BCUT2D eigenvalue weighted by Crippen LogP contribution is -2.03. The lowest BCUT2D eigenvalue weighted by Gasteiger charge is -2.06. The van der Waals surface area contributed by atoms with Crippen LogP contribution in [0.3, 0.4) is 0 Å². The molecule has 0 fully saturated rings. The largest absolute Gasteiger partial charge is 0.283 e. The van der Waals surface area contributed by atoms with Gasteiger partial charge in [0.1, 0.15) is 17.7 Å². The first kappa shape index (κ1) is 13.0. The van der Waals surface area contributed by atoms with Crippen LogP contribution in [0.1, 0.15) is 0 Å². The summed E-state index contributed by atoms with van der Waals surface area (Å²) < 4.78 is 3.72. The molecule has 114 valence electrons. The minimum atomic E-state index is 0.721. The van der Waals surface area contributed by atoms with Gasteiger partial charge in [-0.2, -0.15) is 4.68 Å². The molecule has 5 aromatic rings. The predicted molar refractivity (Wildman–Crippen MR) is 91.3 cm³/mol. The second-order valence-electron chi connectivity index (χ2n) is 5.45. The topological polar surface area (TPSA) is 61.4 Å². The van der Waals surface area contributed by atoms with Crippen molar-refractivity contribution in [1.82, 2.24) is 29.5 Å². The molecule has 0 aliphatic heterocycles. The van der Waals surface area contributed by atoms with Gasteiger partial charge in [0, 0.05) is 0 Å². The Kier molecular flexibility index (Phi) is 2.69. The van der Waals surface area contributed by atoms with Crippen LogP contribution in [-0.4, -0.2) is 29.5 Å². The molecule has 6 nitrogen and oxygen atoms in total. The molecule has 0 spiro atoms. The zero-order chi connectivity index (χ0) is 15.9. The number of fused-ring (bicyclic) bond motifs is 2. The second-order valence-corrected chi connectivity index (χ2v) is 5.45. The van der Waals surface area contributed by atoms with Crippen LogP contribution in [0, 0.1) is 0 Å². The Morgan fingerprint density at radius 1 is 0.667 bits per heavy atom. The van der Waals surface area contributed by atoms with Crippen LogP contribution >= 0.6 is 0 Å². The molecule has 0 saturated heterocycles. The molecule has 2 aromatic carbocycles. The van der Waals surface area contributed by atoms with E-state index in [4.69, 9.17) is 4.98 Å². The fraction of sp³-hybridized carbons (Fsp3) is 0. The highest BCUT2D eigenvalue weighted by Crippen LogP contribution is 2.19. The molecule has 24 heavy (non-hydrogen) atoms. The van der Waals surface area contributed by atoms with E-state index in [1.165, 1.54) is 0 Å². The van der Waals surface area contributed by atoms with Crippen LogP contribution < -0.4 is 0 Å². The van der Waals surface area contributed by atoms with Gasteiger partial charge >= 0.3 is 0 Å². The maximum atomic E-state index is 4.74. The number of hydrogen-bond acceptors (Lipinski definition) is 4. The Balaban J connectivity index is 1.69. The van der Waals surface area contributed by atoms with Gasteiger partial charge in [0.15, 0.2) is 5.82 Å². The fourth-order valence-electron chi connectivity index (χ4n) is 2.84. The molecule has 0 aliphatic rings. The normalized spacial score (nSPS) is 11.3. The quantitative estimate of drug-likeness (QED) is 0.502. The van der Waals surface area contributed by atoms with E-state index in [1.807, 2.05) is 71.3 Å². The van der Waals surface area contributed by atoms with E-state index in [0.717, 1.165) is 33.7 Å². The number of rotatable bonds is 2. The summed E-state index contributed by atoms with van der Waals surface area (Å²) in [6.45, 7) is 0. The smallest absolute Gasteiger partial charge is 0.158 e. The lowest BCUT2D eigenvalue weighted by atomic mass is 10.3. The molecule has 0 atom stereocenters. The van der Waals surface area contributed by atoms with E-state index >= 15 is 0 Å². The molecule has 0 aliphatic carbocycles. The summed E-state index contributed by atoms with van der Waals surface area (Å²) in [5.74, 6) is 1.51. The molecule has 6 heteroatoms. The molecule has 0 amide bonds. The maximum absolute atomic E-state index is 4.74.